The van der Waals surface area contributed by atoms with Crippen molar-refractivity contribution in [1.82, 2.24) is 14.5 Å². The topological polar surface area (TPSA) is 124 Å². The van der Waals surface area contributed by atoms with Gasteiger partial charge in [0.05, 0.1) is 19.1 Å². The van der Waals surface area contributed by atoms with Gasteiger partial charge in [-0.15, -0.1) is 5.10 Å². The number of hydrogen-bond acceptors (Lipinski definition) is 8. The first-order valence-electron chi connectivity index (χ1n) is 10.4. The van der Waals surface area contributed by atoms with Crippen molar-refractivity contribution in [3.8, 4) is 23.0 Å². The zero-order chi connectivity index (χ0) is 24.3. The molecule has 180 valence electrons. The summed E-state index contributed by atoms with van der Waals surface area (Å²) in [5.41, 5.74) is 0.559. The molecule has 1 saturated heterocycles. The Hall–Kier alpha value is -3.51. The summed E-state index contributed by atoms with van der Waals surface area (Å²) in [4.78, 5) is 12.7. The number of aromatic nitrogens is 2. The van der Waals surface area contributed by atoms with Crippen LogP contribution in [0.3, 0.4) is 0 Å². The molecular formula is C22H23FN4O6S. The van der Waals surface area contributed by atoms with Crippen LogP contribution >= 0.6 is 0 Å². The van der Waals surface area contributed by atoms with E-state index in [1.54, 1.807) is 18.2 Å². The van der Waals surface area contributed by atoms with E-state index >= 15 is 0 Å². The van der Waals surface area contributed by atoms with Crippen LogP contribution in [0.1, 0.15) is 12.8 Å². The molecule has 0 spiro atoms. The molecule has 1 amide bonds. The van der Waals surface area contributed by atoms with Crippen molar-refractivity contribution in [2.24, 2.45) is 5.92 Å². The molecule has 0 atom stereocenters. The molecule has 1 aliphatic heterocycles. The van der Waals surface area contributed by atoms with Crippen molar-refractivity contribution in [2.45, 2.75) is 17.7 Å². The fourth-order valence-electron chi connectivity index (χ4n) is 3.64. The number of piperidine rings is 1. The summed E-state index contributed by atoms with van der Waals surface area (Å²) in [6, 6.07) is 9.69. The number of benzene rings is 2. The van der Waals surface area contributed by atoms with E-state index in [-0.39, 0.29) is 35.8 Å². The summed E-state index contributed by atoms with van der Waals surface area (Å²) in [6.07, 6.45) is 0.640. The van der Waals surface area contributed by atoms with Crippen LogP contribution in [0, 0.1) is 11.7 Å². The number of methoxy groups -OCH3 is 2. The van der Waals surface area contributed by atoms with Gasteiger partial charge in [-0.2, -0.15) is 4.31 Å². The number of amides is 1. The van der Waals surface area contributed by atoms with Gasteiger partial charge in [0.2, 0.25) is 21.8 Å². The van der Waals surface area contributed by atoms with E-state index in [0.29, 0.717) is 29.9 Å². The second-order valence-corrected chi connectivity index (χ2v) is 9.57. The summed E-state index contributed by atoms with van der Waals surface area (Å²) in [5, 5.41) is 10.4. The molecule has 0 radical (unpaired) electrons. The summed E-state index contributed by atoms with van der Waals surface area (Å²) >= 11 is 0. The summed E-state index contributed by atoms with van der Waals surface area (Å²) < 4.78 is 55.9. The molecule has 4 rings (SSSR count). The largest absolute Gasteiger partial charge is 0.497 e. The summed E-state index contributed by atoms with van der Waals surface area (Å²) in [7, 11) is -0.708. The molecule has 12 heteroatoms. The maximum Gasteiger partial charge on any atom is 0.322 e. The number of carbonyl (C=O) groups is 1. The summed E-state index contributed by atoms with van der Waals surface area (Å²) in [6.45, 7) is 0.326. The Kier molecular flexibility index (Phi) is 6.80. The minimum absolute atomic E-state index is 0.0179. The number of halogens is 1. The molecule has 0 aliphatic carbocycles. The van der Waals surface area contributed by atoms with Crippen LogP contribution in [0.5, 0.6) is 11.5 Å². The van der Waals surface area contributed by atoms with Gasteiger partial charge in [-0.05, 0) is 49.2 Å². The third-order valence-electron chi connectivity index (χ3n) is 5.53. The normalized spacial score (nSPS) is 15.1. The molecule has 1 fully saturated rings. The Labute approximate surface area is 195 Å². The van der Waals surface area contributed by atoms with E-state index in [4.69, 9.17) is 13.9 Å². The molecule has 1 aromatic heterocycles. The lowest BCUT2D eigenvalue weighted by Crippen LogP contribution is -2.41. The minimum atomic E-state index is -3.75. The van der Waals surface area contributed by atoms with Gasteiger partial charge in [-0.3, -0.25) is 10.1 Å². The highest BCUT2D eigenvalue weighted by Gasteiger charge is 2.32. The summed E-state index contributed by atoms with van der Waals surface area (Å²) in [5.74, 6) is -0.0121. The molecule has 10 nitrogen and oxygen atoms in total. The van der Waals surface area contributed by atoms with Crippen molar-refractivity contribution in [1.29, 1.82) is 0 Å². The van der Waals surface area contributed by atoms with E-state index < -0.39 is 21.8 Å². The number of carbonyl (C=O) groups excluding carboxylic acids is 1. The lowest BCUT2D eigenvalue weighted by molar-refractivity contribution is -0.121. The number of hydrogen-bond donors (Lipinski definition) is 1. The predicted octanol–water partition coefficient (Wildman–Crippen LogP) is 2.93. The number of nitrogens with zero attached hydrogens (tertiary/aromatic N) is 3. The van der Waals surface area contributed by atoms with Gasteiger partial charge < -0.3 is 13.9 Å². The van der Waals surface area contributed by atoms with Gasteiger partial charge >= 0.3 is 6.01 Å². The Morgan fingerprint density at radius 2 is 1.68 bits per heavy atom. The first kappa shape index (κ1) is 23.6. The zero-order valence-corrected chi connectivity index (χ0v) is 19.3. The van der Waals surface area contributed by atoms with Crippen LogP contribution in [-0.4, -0.2) is 56.1 Å². The van der Waals surface area contributed by atoms with Crippen LogP contribution < -0.4 is 14.8 Å². The average molecular weight is 491 g/mol. The van der Waals surface area contributed by atoms with E-state index in [2.05, 4.69) is 15.5 Å². The van der Waals surface area contributed by atoms with Gasteiger partial charge in [0, 0.05) is 30.6 Å². The van der Waals surface area contributed by atoms with Gasteiger partial charge in [0.15, 0.2) is 0 Å². The lowest BCUT2D eigenvalue weighted by atomic mass is 9.97. The number of ether oxygens (including phenoxy) is 2. The Morgan fingerprint density at radius 1 is 1.06 bits per heavy atom. The highest BCUT2D eigenvalue weighted by atomic mass is 32.2. The first-order valence-corrected chi connectivity index (χ1v) is 11.9. The maximum absolute atomic E-state index is 13.1. The van der Waals surface area contributed by atoms with Crippen LogP contribution in [-0.2, 0) is 14.8 Å². The monoisotopic (exact) mass is 490 g/mol. The van der Waals surface area contributed by atoms with Gasteiger partial charge in [0.25, 0.3) is 0 Å². The third-order valence-corrected chi connectivity index (χ3v) is 7.44. The average Bonchev–Trinajstić information content (AvgIpc) is 3.32. The second kappa shape index (κ2) is 9.77. The smallest absolute Gasteiger partial charge is 0.322 e. The fraction of sp³-hybridized carbons (Fsp3) is 0.318. The Balaban J connectivity index is 1.38. The van der Waals surface area contributed by atoms with Crippen molar-refractivity contribution in [2.75, 3.05) is 32.6 Å². The third kappa shape index (κ3) is 5.02. The number of rotatable bonds is 7. The van der Waals surface area contributed by atoms with E-state index in [1.165, 1.54) is 30.7 Å². The number of nitrogens with one attached hydrogen (secondary N) is 1. The Morgan fingerprint density at radius 3 is 2.26 bits per heavy atom. The zero-order valence-electron chi connectivity index (χ0n) is 18.5. The van der Waals surface area contributed by atoms with Gasteiger partial charge in [0.1, 0.15) is 17.3 Å². The molecule has 0 bridgehead atoms. The minimum Gasteiger partial charge on any atom is -0.497 e. The second-order valence-electron chi connectivity index (χ2n) is 7.64. The van der Waals surface area contributed by atoms with Crippen LogP contribution in [0.2, 0.25) is 0 Å². The molecular weight excluding hydrogens is 467 g/mol. The van der Waals surface area contributed by atoms with Gasteiger partial charge in [-0.25, -0.2) is 12.8 Å². The number of anilines is 1. The molecule has 0 unspecified atom stereocenters. The van der Waals surface area contributed by atoms with Gasteiger partial charge in [-0.1, -0.05) is 5.10 Å². The molecule has 3 aromatic rings. The standard InChI is InChI=1S/C22H23FN4O6S/c1-31-17-11-15(12-18(13-17)32-2)21-25-26-22(33-21)24-20(28)14-7-9-27(10-8-14)34(29,30)19-5-3-16(23)4-6-19/h3-6,11-14H,7-10H2,1-2H3,(H,24,26,28). The van der Waals surface area contributed by atoms with Crippen LogP contribution in [0.25, 0.3) is 11.5 Å². The lowest BCUT2D eigenvalue weighted by Gasteiger charge is -2.30. The Bertz CT molecular complexity index is 1250. The van der Waals surface area contributed by atoms with Crippen LogP contribution in [0.15, 0.2) is 51.8 Å². The molecule has 0 saturated carbocycles. The van der Waals surface area contributed by atoms with Crippen LogP contribution in [0.4, 0.5) is 10.4 Å². The van der Waals surface area contributed by atoms with Crippen molar-refractivity contribution in [3.05, 3.63) is 48.3 Å². The van der Waals surface area contributed by atoms with Crippen molar-refractivity contribution in [3.63, 3.8) is 0 Å². The maximum atomic E-state index is 13.1. The molecule has 34 heavy (non-hydrogen) atoms. The SMILES string of the molecule is COc1cc(OC)cc(-c2nnc(NC(=O)C3CCN(S(=O)(=O)c4ccc(F)cc4)CC3)o2)c1. The molecule has 2 heterocycles. The number of sulfonamides is 1. The molecule has 2 aromatic carbocycles. The van der Waals surface area contributed by atoms with E-state index in [1.807, 2.05) is 0 Å². The van der Waals surface area contributed by atoms with Crippen molar-refractivity contribution < 1.29 is 31.5 Å². The predicted molar refractivity (Wildman–Crippen MR) is 119 cm³/mol. The first-order chi connectivity index (χ1) is 16.3. The molecule has 1 aliphatic rings. The highest BCUT2D eigenvalue weighted by molar-refractivity contribution is 7.89. The van der Waals surface area contributed by atoms with E-state index in [0.717, 1.165) is 12.1 Å². The van der Waals surface area contributed by atoms with E-state index in [9.17, 15) is 17.6 Å². The fourth-order valence-corrected chi connectivity index (χ4v) is 5.11. The molecule has 1 N–H and O–H groups in total. The van der Waals surface area contributed by atoms with Crippen molar-refractivity contribution >= 4 is 21.9 Å². The quantitative estimate of drug-likeness (QED) is 0.536. The highest BCUT2D eigenvalue weighted by Crippen LogP contribution is 2.30.